The molecule has 6 nitrogen and oxygen atoms in total. The van der Waals surface area contributed by atoms with Crippen molar-refractivity contribution < 1.29 is 14.7 Å². The monoisotopic (exact) mass is 443 g/mol. The number of aromatic nitrogens is 2. The summed E-state index contributed by atoms with van der Waals surface area (Å²) in [4.78, 5) is 35.1. The van der Waals surface area contributed by atoms with E-state index in [0.717, 1.165) is 22.0 Å². The quantitative estimate of drug-likeness (QED) is 0.268. The number of rotatable bonds is 4. The number of amides is 1. The fourth-order valence-electron chi connectivity index (χ4n) is 4.14. The number of nitrogens with one attached hydrogen (secondary N) is 1. The van der Waals surface area contributed by atoms with Gasteiger partial charge in [-0.25, -0.2) is 0 Å². The molecular formula is C25H18ClN3O3. The number of Topliss-reactive ketones (excluding diaryl/α,β-unsaturated/α-hetero) is 1. The third-order valence-electron chi connectivity index (χ3n) is 5.65. The highest BCUT2D eigenvalue weighted by Gasteiger charge is 2.46. The Hall–Kier alpha value is -3.90. The van der Waals surface area contributed by atoms with Crippen LogP contribution in [0, 0.1) is 0 Å². The van der Waals surface area contributed by atoms with Crippen molar-refractivity contribution in [3.8, 4) is 0 Å². The zero-order valence-electron chi connectivity index (χ0n) is 16.8. The van der Waals surface area contributed by atoms with E-state index in [1.807, 2.05) is 30.3 Å². The number of pyridine rings is 1. The SMILES string of the molecule is O=C1C(=O)N(Cc2cccnc2)C(c2c[nH]c3ccccc23)/C1=C(\O)c1ccc(Cl)cc1. The standard InChI is InChI=1S/C25H18ClN3O3/c26-17-9-7-16(8-10-17)23(30)21-22(19-13-28-20-6-2-1-5-18(19)20)29(25(32)24(21)31)14-15-4-3-11-27-12-15/h1-13,22,28,30H,14H2/b23-21+. The number of hydrogen-bond acceptors (Lipinski definition) is 4. The van der Waals surface area contributed by atoms with Gasteiger partial charge in [-0.15, -0.1) is 0 Å². The number of H-pyrrole nitrogens is 1. The summed E-state index contributed by atoms with van der Waals surface area (Å²) >= 11 is 5.98. The highest BCUT2D eigenvalue weighted by atomic mass is 35.5. The first-order valence-corrected chi connectivity index (χ1v) is 10.4. The molecule has 2 aromatic carbocycles. The number of para-hydroxylation sites is 1. The predicted octanol–water partition coefficient (Wildman–Crippen LogP) is 4.84. The molecule has 5 rings (SSSR count). The zero-order chi connectivity index (χ0) is 22.2. The second kappa shape index (κ2) is 7.98. The predicted molar refractivity (Wildman–Crippen MR) is 122 cm³/mol. The second-order valence-electron chi connectivity index (χ2n) is 7.58. The van der Waals surface area contributed by atoms with Crippen molar-refractivity contribution in [2.75, 3.05) is 0 Å². The topological polar surface area (TPSA) is 86.3 Å². The Bertz CT molecular complexity index is 1360. The summed E-state index contributed by atoms with van der Waals surface area (Å²) in [6.07, 6.45) is 5.09. The minimum atomic E-state index is -0.762. The van der Waals surface area contributed by atoms with E-state index >= 15 is 0 Å². The van der Waals surface area contributed by atoms with Crippen molar-refractivity contribution in [3.05, 3.63) is 107 Å². The van der Waals surface area contributed by atoms with E-state index in [-0.39, 0.29) is 17.9 Å². The second-order valence-corrected chi connectivity index (χ2v) is 8.02. The molecule has 0 aliphatic carbocycles. The van der Waals surface area contributed by atoms with Gasteiger partial charge in [-0.2, -0.15) is 0 Å². The molecule has 1 saturated heterocycles. The summed E-state index contributed by atoms with van der Waals surface area (Å²) in [5, 5.41) is 12.5. The van der Waals surface area contributed by atoms with E-state index in [0.29, 0.717) is 10.6 Å². The van der Waals surface area contributed by atoms with Crippen LogP contribution in [-0.4, -0.2) is 31.7 Å². The van der Waals surface area contributed by atoms with Gasteiger partial charge < -0.3 is 15.0 Å². The Labute approximate surface area is 188 Å². The lowest BCUT2D eigenvalue weighted by molar-refractivity contribution is -0.140. The molecule has 32 heavy (non-hydrogen) atoms. The first kappa shape index (κ1) is 20.0. The largest absolute Gasteiger partial charge is 0.507 e. The van der Waals surface area contributed by atoms with Gasteiger partial charge in [0.05, 0.1) is 11.6 Å². The molecule has 2 aromatic heterocycles. The van der Waals surface area contributed by atoms with Crippen LogP contribution in [0.25, 0.3) is 16.7 Å². The highest BCUT2D eigenvalue weighted by Crippen LogP contribution is 2.42. The lowest BCUT2D eigenvalue weighted by Crippen LogP contribution is -2.29. The molecule has 1 aliphatic rings. The van der Waals surface area contributed by atoms with Gasteiger partial charge in [0.25, 0.3) is 11.7 Å². The number of carbonyl (C=O) groups excluding carboxylic acids is 2. The summed E-state index contributed by atoms with van der Waals surface area (Å²) in [5.41, 5.74) is 2.86. The van der Waals surface area contributed by atoms with Crippen LogP contribution in [0.15, 0.2) is 84.8 Å². The maximum Gasteiger partial charge on any atom is 0.295 e. The number of nitrogens with zero attached hydrogens (tertiary/aromatic N) is 2. The van der Waals surface area contributed by atoms with Crippen LogP contribution >= 0.6 is 11.6 Å². The molecule has 0 spiro atoms. The van der Waals surface area contributed by atoms with Gasteiger partial charge in [0, 0.05) is 52.2 Å². The number of carbonyl (C=O) groups is 2. The lowest BCUT2D eigenvalue weighted by Gasteiger charge is -2.25. The number of aliphatic hydroxyl groups is 1. The van der Waals surface area contributed by atoms with E-state index in [1.165, 1.54) is 4.90 Å². The smallest absolute Gasteiger partial charge is 0.295 e. The molecule has 0 saturated carbocycles. The first-order chi connectivity index (χ1) is 15.5. The van der Waals surface area contributed by atoms with Gasteiger partial charge in [-0.1, -0.05) is 35.9 Å². The third kappa shape index (κ3) is 3.35. The fraction of sp³-hybridized carbons (Fsp3) is 0.0800. The fourth-order valence-corrected chi connectivity index (χ4v) is 4.26. The van der Waals surface area contributed by atoms with Gasteiger partial charge in [0.15, 0.2) is 0 Å². The van der Waals surface area contributed by atoms with Crippen LogP contribution in [0.1, 0.15) is 22.7 Å². The van der Waals surface area contributed by atoms with Gasteiger partial charge in [0.2, 0.25) is 0 Å². The van der Waals surface area contributed by atoms with Crippen LogP contribution in [0.2, 0.25) is 5.02 Å². The van der Waals surface area contributed by atoms with E-state index in [1.54, 1.807) is 48.9 Å². The van der Waals surface area contributed by atoms with Gasteiger partial charge in [0.1, 0.15) is 5.76 Å². The van der Waals surface area contributed by atoms with Crippen molar-refractivity contribution in [1.82, 2.24) is 14.9 Å². The van der Waals surface area contributed by atoms with Gasteiger partial charge >= 0.3 is 0 Å². The average Bonchev–Trinajstić information content (AvgIpc) is 3.34. The Morgan fingerprint density at radius 1 is 1.06 bits per heavy atom. The Balaban J connectivity index is 1.71. The van der Waals surface area contributed by atoms with Gasteiger partial charge in [-0.05, 0) is 42.0 Å². The number of likely N-dealkylation sites (tertiary alicyclic amines) is 1. The normalized spacial score (nSPS) is 17.9. The summed E-state index contributed by atoms with van der Waals surface area (Å²) in [6.45, 7) is 0.181. The van der Waals surface area contributed by atoms with Crippen molar-refractivity contribution >= 4 is 40.0 Å². The minimum Gasteiger partial charge on any atom is -0.507 e. The van der Waals surface area contributed by atoms with Crippen LogP contribution in [0.3, 0.4) is 0 Å². The van der Waals surface area contributed by atoms with E-state index in [9.17, 15) is 14.7 Å². The number of hydrogen-bond donors (Lipinski definition) is 2. The number of fused-ring (bicyclic) bond motifs is 1. The average molecular weight is 444 g/mol. The third-order valence-corrected chi connectivity index (χ3v) is 5.90. The molecule has 2 N–H and O–H groups in total. The maximum absolute atomic E-state index is 13.2. The Morgan fingerprint density at radius 3 is 2.59 bits per heavy atom. The molecule has 1 fully saturated rings. The molecular weight excluding hydrogens is 426 g/mol. The first-order valence-electron chi connectivity index (χ1n) is 10.0. The summed E-state index contributed by atoms with van der Waals surface area (Å²) in [6, 6.07) is 17.0. The molecule has 7 heteroatoms. The molecule has 0 bridgehead atoms. The molecule has 1 unspecified atom stereocenters. The summed E-state index contributed by atoms with van der Waals surface area (Å²) < 4.78 is 0. The summed E-state index contributed by atoms with van der Waals surface area (Å²) in [5.74, 6) is -1.62. The number of aliphatic hydroxyl groups excluding tert-OH is 1. The number of benzene rings is 2. The van der Waals surface area contributed by atoms with Crippen LogP contribution in [-0.2, 0) is 16.1 Å². The molecule has 158 valence electrons. The molecule has 1 amide bonds. The highest BCUT2D eigenvalue weighted by molar-refractivity contribution is 6.46. The van der Waals surface area contributed by atoms with Crippen LogP contribution < -0.4 is 0 Å². The van der Waals surface area contributed by atoms with E-state index in [4.69, 9.17) is 11.6 Å². The molecule has 1 aliphatic heterocycles. The van der Waals surface area contributed by atoms with Crippen LogP contribution in [0.4, 0.5) is 0 Å². The Kier molecular flexibility index (Phi) is 4.99. The minimum absolute atomic E-state index is 0.0472. The maximum atomic E-state index is 13.2. The zero-order valence-corrected chi connectivity index (χ0v) is 17.6. The van der Waals surface area contributed by atoms with Crippen molar-refractivity contribution in [1.29, 1.82) is 0 Å². The van der Waals surface area contributed by atoms with Crippen molar-refractivity contribution in [3.63, 3.8) is 0 Å². The summed E-state index contributed by atoms with van der Waals surface area (Å²) in [7, 11) is 0. The molecule has 4 aromatic rings. The molecule has 3 heterocycles. The van der Waals surface area contributed by atoms with Crippen LogP contribution in [0.5, 0.6) is 0 Å². The number of ketones is 1. The van der Waals surface area contributed by atoms with Gasteiger partial charge in [-0.3, -0.25) is 14.6 Å². The number of aromatic amines is 1. The van der Waals surface area contributed by atoms with E-state index < -0.39 is 17.7 Å². The van der Waals surface area contributed by atoms with Crippen molar-refractivity contribution in [2.24, 2.45) is 0 Å². The van der Waals surface area contributed by atoms with Crippen molar-refractivity contribution in [2.45, 2.75) is 12.6 Å². The van der Waals surface area contributed by atoms with E-state index in [2.05, 4.69) is 9.97 Å². The lowest BCUT2D eigenvalue weighted by atomic mass is 9.95. The molecule has 0 radical (unpaired) electrons. The Morgan fingerprint density at radius 2 is 1.84 bits per heavy atom. The number of halogens is 1. The molecule has 1 atom stereocenters.